The number of rotatable bonds is 5. The summed E-state index contributed by atoms with van der Waals surface area (Å²) >= 11 is 0. The summed E-state index contributed by atoms with van der Waals surface area (Å²) in [6.07, 6.45) is 0.868. The van der Waals surface area contributed by atoms with Crippen LogP contribution in [0.25, 0.3) is 0 Å². The minimum Gasteiger partial charge on any atom is -0.399 e. The molecule has 2 N–H and O–H groups in total. The van der Waals surface area contributed by atoms with Crippen LogP contribution in [0.1, 0.15) is 38.8 Å². The molecule has 0 spiro atoms. The Morgan fingerprint density at radius 1 is 1.44 bits per heavy atom. The van der Waals surface area contributed by atoms with Gasteiger partial charge in [0.2, 0.25) is 0 Å². The van der Waals surface area contributed by atoms with E-state index in [1.54, 1.807) is 0 Å². The molecule has 0 aliphatic rings. The molecule has 3 heteroatoms. The van der Waals surface area contributed by atoms with E-state index in [0.29, 0.717) is 6.04 Å². The van der Waals surface area contributed by atoms with E-state index in [-0.39, 0.29) is 5.41 Å². The van der Waals surface area contributed by atoms with E-state index in [2.05, 4.69) is 31.0 Å². The van der Waals surface area contributed by atoms with Gasteiger partial charge in [-0.25, -0.2) is 0 Å². The number of hydrogen-bond acceptors (Lipinski definition) is 3. The quantitative estimate of drug-likeness (QED) is 0.810. The maximum Gasteiger partial charge on any atom is 0.0684 e. The van der Waals surface area contributed by atoms with Crippen LogP contribution in [0.2, 0.25) is 0 Å². The van der Waals surface area contributed by atoms with Crippen molar-refractivity contribution in [1.82, 2.24) is 4.90 Å². The third-order valence-electron chi connectivity index (χ3n) is 3.45. The van der Waals surface area contributed by atoms with Gasteiger partial charge in [-0.2, -0.15) is 5.26 Å². The lowest BCUT2D eigenvalue weighted by Crippen LogP contribution is -2.27. The van der Waals surface area contributed by atoms with Crippen molar-refractivity contribution in [3.05, 3.63) is 29.8 Å². The van der Waals surface area contributed by atoms with Gasteiger partial charge < -0.3 is 5.73 Å². The summed E-state index contributed by atoms with van der Waals surface area (Å²) in [6.45, 7) is 7.02. The molecule has 0 fully saturated rings. The highest BCUT2D eigenvalue weighted by Crippen LogP contribution is 2.24. The number of nitrogens with zero attached hydrogens (tertiary/aromatic N) is 2. The Bertz CT molecular complexity index is 432. The van der Waals surface area contributed by atoms with E-state index in [0.717, 1.165) is 18.7 Å². The molecule has 0 bridgehead atoms. The Morgan fingerprint density at radius 2 is 2.11 bits per heavy atom. The van der Waals surface area contributed by atoms with Crippen LogP contribution < -0.4 is 5.73 Å². The first-order chi connectivity index (χ1) is 8.35. The fourth-order valence-electron chi connectivity index (χ4n) is 1.78. The van der Waals surface area contributed by atoms with Crippen molar-refractivity contribution < 1.29 is 0 Å². The van der Waals surface area contributed by atoms with Gasteiger partial charge in [0.1, 0.15) is 0 Å². The molecule has 18 heavy (non-hydrogen) atoms. The fraction of sp³-hybridized carbons (Fsp3) is 0.533. The van der Waals surface area contributed by atoms with Gasteiger partial charge in [-0.3, -0.25) is 4.90 Å². The lowest BCUT2D eigenvalue weighted by atomic mass is 9.91. The SMILES string of the molecule is CC(c1cccc(N)c1)N(C)CCC(C)(C)C#N. The molecule has 0 amide bonds. The van der Waals surface area contributed by atoms with E-state index in [1.165, 1.54) is 5.56 Å². The first kappa shape index (κ1) is 14.5. The molecule has 0 aromatic heterocycles. The van der Waals surface area contributed by atoms with Crippen molar-refractivity contribution in [2.45, 2.75) is 33.2 Å². The van der Waals surface area contributed by atoms with Crippen LogP contribution in [-0.4, -0.2) is 18.5 Å². The maximum atomic E-state index is 9.01. The highest BCUT2D eigenvalue weighted by atomic mass is 15.1. The van der Waals surface area contributed by atoms with E-state index in [1.807, 2.05) is 32.0 Å². The molecule has 3 nitrogen and oxygen atoms in total. The van der Waals surface area contributed by atoms with Crippen molar-refractivity contribution in [3.63, 3.8) is 0 Å². The predicted octanol–water partition coefficient (Wildman–Crippen LogP) is 3.20. The van der Waals surface area contributed by atoms with E-state index >= 15 is 0 Å². The second-order valence-electron chi connectivity index (χ2n) is 5.57. The Kier molecular flexibility index (Phi) is 4.75. The van der Waals surface area contributed by atoms with Crippen molar-refractivity contribution in [1.29, 1.82) is 5.26 Å². The average Bonchev–Trinajstić information content (AvgIpc) is 2.35. The molecule has 0 saturated heterocycles. The van der Waals surface area contributed by atoms with Gasteiger partial charge in [0.25, 0.3) is 0 Å². The molecular weight excluding hydrogens is 222 g/mol. The number of benzene rings is 1. The smallest absolute Gasteiger partial charge is 0.0684 e. The van der Waals surface area contributed by atoms with E-state index in [4.69, 9.17) is 11.0 Å². The molecule has 0 aliphatic carbocycles. The van der Waals surface area contributed by atoms with Crippen LogP contribution in [-0.2, 0) is 0 Å². The largest absolute Gasteiger partial charge is 0.399 e. The second kappa shape index (κ2) is 5.88. The van der Waals surface area contributed by atoms with Crippen LogP contribution in [0.5, 0.6) is 0 Å². The van der Waals surface area contributed by atoms with Crippen molar-refractivity contribution in [3.8, 4) is 6.07 Å². The maximum absolute atomic E-state index is 9.01. The summed E-state index contributed by atoms with van der Waals surface area (Å²) in [5.74, 6) is 0. The lowest BCUT2D eigenvalue weighted by Gasteiger charge is -2.27. The van der Waals surface area contributed by atoms with Crippen LogP contribution in [0.3, 0.4) is 0 Å². The Morgan fingerprint density at radius 3 is 2.67 bits per heavy atom. The summed E-state index contributed by atoms with van der Waals surface area (Å²) in [5, 5.41) is 9.01. The summed E-state index contributed by atoms with van der Waals surface area (Å²) in [7, 11) is 2.08. The van der Waals surface area contributed by atoms with Crippen molar-refractivity contribution in [2.24, 2.45) is 5.41 Å². The molecule has 0 radical (unpaired) electrons. The van der Waals surface area contributed by atoms with Gasteiger partial charge in [0, 0.05) is 11.7 Å². The van der Waals surface area contributed by atoms with Crippen molar-refractivity contribution in [2.75, 3.05) is 19.3 Å². The van der Waals surface area contributed by atoms with Gasteiger partial charge in [-0.1, -0.05) is 12.1 Å². The Balaban J connectivity index is 2.62. The number of hydrogen-bond donors (Lipinski definition) is 1. The second-order valence-corrected chi connectivity index (χ2v) is 5.57. The monoisotopic (exact) mass is 245 g/mol. The summed E-state index contributed by atoms with van der Waals surface area (Å²) in [4.78, 5) is 2.26. The molecule has 0 heterocycles. The molecule has 1 aromatic rings. The molecule has 98 valence electrons. The average molecular weight is 245 g/mol. The standard InChI is InChI=1S/C15H23N3/c1-12(13-6-5-7-14(17)10-13)18(4)9-8-15(2,3)11-16/h5-7,10,12H,8-9,17H2,1-4H3. The summed E-state index contributed by atoms with van der Waals surface area (Å²) in [6, 6.07) is 10.6. The number of nitrogen functional groups attached to an aromatic ring is 1. The Hall–Kier alpha value is -1.53. The summed E-state index contributed by atoms with van der Waals surface area (Å²) < 4.78 is 0. The first-order valence-corrected chi connectivity index (χ1v) is 6.32. The Labute approximate surface area is 110 Å². The minimum absolute atomic E-state index is 0.260. The molecule has 0 aliphatic heterocycles. The summed E-state index contributed by atoms with van der Waals surface area (Å²) in [5.41, 5.74) is 7.55. The molecule has 1 atom stereocenters. The number of nitrogens with two attached hydrogens (primary N) is 1. The first-order valence-electron chi connectivity index (χ1n) is 6.32. The third-order valence-corrected chi connectivity index (χ3v) is 3.45. The third kappa shape index (κ3) is 4.05. The van der Waals surface area contributed by atoms with Crippen LogP contribution in [0.4, 0.5) is 5.69 Å². The zero-order valence-corrected chi connectivity index (χ0v) is 11.8. The van der Waals surface area contributed by atoms with Crippen LogP contribution >= 0.6 is 0 Å². The lowest BCUT2D eigenvalue weighted by molar-refractivity contribution is 0.232. The molecule has 1 aromatic carbocycles. The molecule has 1 unspecified atom stereocenters. The molecular formula is C15H23N3. The normalized spacial score (nSPS) is 13.3. The number of nitriles is 1. The van der Waals surface area contributed by atoms with E-state index < -0.39 is 0 Å². The van der Waals surface area contributed by atoms with Crippen LogP contribution in [0.15, 0.2) is 24.3 Å². The predicted molar refractivity (Wildman–Crippen MR) is 75.9 cm³/mol. The zero-order valence-electron chi connectivity index (χ0n) is 11.8. The van der Waals surface area contributed by atoms with Gasteiger partial charge in [-0.15, -0.1) is 0 Å². The van der Waals surface area contributed by atoms with Crippen molar-refractivity contribution >= 4 is 5.69 Å². The zero-order chi connectivity index (χ0) is 13.8. The highest BCUT2D eigenvalue weighted by Gasteiger charge is 2.19. The molecule has 0 saturated carbocycles. The minimum atomic E-state index is -0.260. The van der Waals surface area contributed by atoms with Gasteiger partial charge in [-0.05, 0) is 58.5 Å². The van der Waals surface area contributed by atoms with Gasteiger partial charge in [0.15, 0.2) is 0 Å². The fourth-order valence-corrected chi connectivity index (χ4v) is 1.78. The highest BCUT2D eigenvalue weighted by molar-refractivity contribution is 5.41. The van der Waals surface area contributed by atoms with Gasteiger partial charge >= 0.3 is 0 Å². The van der Waals surface area contributed by atoms with E-state index in [9.17, 15) is 0 Å². The van der Waals surface area contributed by atoms with Gasteiger partial charge in [0.05, 0.1) is 11.5 Å². The topological polar surface area (TPSA) is 53.0 Å². The van der Waals surface area contributed by atoms with Crippen LogP contribution in [0, 0.1) is 16.7 Å². The number of anilines is 1. The molecule has 1 rings (SSSR count).